The molecule has 1 N–H and O–H groups in total. The van der Waals surface area contributed by atoms with Crippen LogP contribution in [0.2, 0.25) is 0 Å². The van der Waals surface area contributed by atoms with Crippen LogP contribution >= 0.6 is 0 Å². The summed E-state index contributed by atoms with van der Waals surface area (Å²) in [4.78, 5) is 12.0. The summed E-state index contributed by atoms with van der Waals surface area (Å²) in [5.41, 5.74) is 0.391. The molecule has 0 heterocycles. The maximum absolute atomic E-state index is 12.0. The Balaban J connectivity index is 2.83. The number of aliphatic hydroxyl groups is 1. The second-order valence-corrected chi connectivity index (χ2v) is 5.26. The minimum absolute atomic E-state index is 0.0869. The largest absolute Gasteiger partial charge is 0.388 e. The van der Waals surface area contributed by atoms with E-state index >= 15 is 0 Å². The first-order valence-electron chi connectivity index (χ1n) is 5.61. The van der Waals surface area contributed by atoms with Crippen molar-refractivity contribution in [3.63, 3.8) is 0 Å². The molecule has 0 aliphatic carbocycles. The molecule has 1 aromatic carbocycles. The van der Waals surface area contributed by atoms with Crippen LogP contribution in [0.15, 0.2) is 30.3 Å². The van der Waals surface area contributed by atoms with Gasteiger partial charge in [0.25, 0.3) is 0 Å². The van der Waals surface area contributed by atoms with Crippen LogP contribution in [0, 0.1) is 11.3 Å². The summed E-state index contributed by atoms with van der Waals surface area (Å²) in [6.07, 6.45) is -0.715. The van der Waals surface area contributed by atoms with Gasteiger partial charge in [0, 0.05) is 11.3 Å². The normalized spacial score (nSPS) is 15.6. The summed E-state index contributed by atoms with van der Waals surface area (Å²) >= 11 is 0. The monoisotopic (exact) mass is 220 g/mol. The highest BCUT2D eigenvalue weighted by atomic mass is 16.3. The van der Waals surface area contributed by atoms with Gasteiger partial charge in [-0.2, -0.15) is 0 Å². The molecule has 0 aliphatic heterocycles. The Morgan fingerprint density at radius 3 is 2.12 bits per heavy atom. The summed E-state index contributed by atoms with van der Waals surface area (Å²) in [6.45, 7) is 7.42. The van der Waals surface area contributed by atoms with Crippen LogP contribution in [0.3, 0.4) is 0 Å². The van der Waals surface area contributed by atoms with Crippen molar-refractivity contribution in [2.75, 3.05) is 0 Å². The number of carbonyl (C=O) groups is 1. The average Bonchev–Trinajstić information content (AvgIpc) is 2.26. The minimum Gasteiger partial charge on any atom is -0.388 e. The van der Waals surface area contributed by atoms with E-state index in [9.17, 15) is 9.90 Å². The van der Waals surface area contributed by atoms with Gasteiger partial charge < -0.3 is 5.11 Å². The van der Waals surface area contributed by atoms with E-state index < -0.39 is 11.5 Å². The smallest absolute Gasteiger partial charge is 0.143 e. The Hall–Kier alpha value is -1.15. The number of Topliss-reactive ketones (excluding diaryl/α,β-unsaturated/α-hetero) is 1. The third kappa shape index (κ3) is 2.92. The second kappa shape index (κ2) is 4.79. The van der Waals surface area contributed by atoms with E-state index in [0.29, 0.717) is 0 Å². The zero-order valence-electron chi connectivity index (χ0n) is 10.4. The average molecular weight is 220 g/mol. The lowest BCUT2D eigenvalue weighted by Crippen LogP contribution is -2.30. The summed E-state index contributed by atoms with van der Waals surface area (Å²) in [5, 5.41) is 10.1. The molecule has 0 saturated carbocycles. The van der Waals surface area contributed by atoms with Crippen LogP contribution in [0.5, 0.6) is 0 Å². The van der Waals surface area contributed by atoms with E-state index in [1.807, 2.05) is 51.1 Å². The predicted octanol–water partition coefficient (Wildman–Crippen LogP) is 2.97. The van der Waals surface area contributed by atoms with Gasteiger partial charge in [-0.15, -0.1) is 0 Å². The van der Waals surface area contributed by atoms with E-state index in [2.05, 4.69) is 0 Å². The SMILES string of the molecule is C[C@@H](C(=O)C(C)(C)C)[C@H](O)c1ccccc1. The number of carbonyl (C=O) groups excluding carboxylic acids is 1. The Morgan fingerprint density at radius 2 is 1.69 bits per heavy atom. The highest BCUT2D eigenvalue weighted by Crippen LogP contribution is 2.29. The van der Waals surface area contributed by atoms with E-state index in [-0.39, 0.29) is 11.7 Å². The molecule has 0 fully saturated rings. The molecule has 0 aliphatic rings. The van der Waals surface area contributed by atoms with Crippen molar-refractivity contribution >= 4 is 5.78 Å². The maximum Gasteiger partial charge on any atom is 0.143 e. The molecule has 1 rings (SSSR count). The maximum atomic E-state index is 12.0. The fraction of sp³-hybridized carbons (Fsp3) is 0.500. The van der Waals surface area contributed by atoms with E-state index in [0.717, 1.165) is 5.56 Å². The quantitative estimate of drug-likeness (QED) is 0.850. The number of benzene rings is 1. The molecule has 0 aromatic heterocycles. The molecule has 0 radical (unpaired) electrons. The Morgan fingerprint density at radius 1 is 1.19 bits per heavy atom. The third-order valence-corrected chi connectivity index (χ3v) is 2.77. The highest BCUT2D eigenvalue weighted by Gasteiger charge is 2.31. The van der Waals surface area contributed by atoms with E-state index in [1.54, 1.807) is 6.92 Å². The van der Waals surface area contributed by atoms with Gasteiger partial charge in [-0.05, 0) is 5.56 Å². The van der Waals surface area contributed by atoms with Crippen LogP contribution in [0.25, 0.3) is 0 Å². The van der Waals surface area contributed by atoms with Gasteiger partial charge in [0.1, 0.15) is 5.78 Å². The van der Waals surface area contributed by atoms with Crippen molar-refractivity contribution in [3.05, 3.63) is 35.9 Å². The van der Waals surface area contributed by atoms with Crippen LogP contribution in [-0.4, -0.2) is 10.9 Å². The van der Waals surface area contributed by atoms with Crippen LogP contribution in [-0.2, 0) is 4.79 Å². The first-order chi connectivity index (χ1) is 7.34. The van der Waals surface area contributed by atoms with Crippen LogP contribution in [0.1, 0.15) is 39.4 Å². The number of rotatable bonds is 3. The van der Waals surface area contributed by atoms with Crippen LogP contribution < -0.4 is 0 Å². The van der Waals surface area contributed by atoms with Gasteiger partial charge in [0.05, 0.1) is 6.10 Å². The van der Waals surface area contributed by atoms with Crippen molar-refractivity contribution in [2.24, 2.45) is 11.3 Å². The number of hydrogen-bond acceptors (Lipinski definition) is 2. The molecule has 0 saturated heterocycles. The third-order valence-electron chi connectivity index (χ3n) is 2.77. The number of ketones is 1. The molecule has 1 aromatic rings. The van der Waals surface area contributed by atoms with Crippen molar-refractivity contribution in [1.82, 2.24) is 0 Å². The lowest BCUT2D eigenvalue weighted by molar-refractivity contribution is -0.133. The zero-order valence-corrected chi connectivity index (χ0v) is 10.4. The van der Waals surface area contributed by atoms with Crippen LogP contribution in [0.4, 0.5) is 0 Å². The summed E-state index contributed by atoms with van der Waals surface area (Å²) in [7, 11) is 0. The minimum atomic E-state index is -0.715. The van der Waals surface area contributed by atoms with Crippen molar-refractivity contribution < 1.29 is 9.90 Å². The summed E-state index contributed by atoms with van der Waals surface area (Å²) < 4.78 is 0. The number of hydrogen-bond donors (Lipinski definition) is 1. The molecule has 88 valence electrons. The van der Waals surface area contributed by atoms with Crippen molar-refractivity contribution in [2.45, 2.75) is 33.8 Å². The van der Waals surface area contributed by atoms with Gasteiger partial charge in [0.15, 0.2) is 0 Å². The van der Waals surface area contributed by atoms with Gasteiger partial charge in [0.2, 0.25) is 0 Å². The molecule has 0 spiro atoms. The fourth-order valence-corrected chi connectivity index (χ4v) is 1.77. The topological polar surface area (TPSA) is 37.3 Å². The lowest BCUT2D eigenvalue weighted by Gasteiger charge is -2.25. The zero-order chi connectivity index (χ0) is 12.3. The summed E-state index contributed by atoms with van der Waals surface area (Å²) in [5.74, 6) is -0.286. The molecule has 16 heavy (non-hydrogen) atoms. The molecule has 2 heteroatoms. The fourth-order valence-electron chi connectivity index (χ4n) is 1.77. The molecular formula is C14H20O2. The predicted molar refractivity (Wildman–Crippen MR) is 65.0 cm³/mol. The molecule has 0 unspecified atom stereocenters. The molecular weight excluding hydrogens is 200 g/mol. The van der Waals surface area contributed by atoms with E-state index in [4.69, 9.17) is 0 Å². The molecule has 2 nitrogen and oxygen atoms in total. The van der Waals surface area contributed by atoms with Crippen molar-refractivity contribution in [3.8, 4) is 0 Å². The highest BCUT2D eigenvalue weighted by molar-refractivity contribution is 5.86. The molecule has 0 amide bonds. The number of aliphatic hydroxyl groups excluding tert-OH is 1. The first-order valence-corrected chi connectivity index (χ1v) is 5.61. The Kier molecular flexibility index (Phi) is 3.87. The Bertz CT molecular complexity index is 349. The Labute approximate surface area is 97.3 Å². The van der Waals surface area contributed by atoms with Gasteiger partial charge in [-0.1, -0.05) is 58.0 Å². The lowest BCUT2D eigenvalue weighted by atomic mass is 9.80. The summed E-state index contributed by atoms with van der Waals surface area (Å²) in [6, 6.07) is 9.32. The van der Waals surface area contributed by atoms with Gasteiger partial charge in [-0.3, -0.25) is 4.79 Å². The van der Waals surface area contributed by atoms with Gasteiger partial charge in [-0.25, -0.2) is 0 Å². The van der Waals surface area contributed by atoms with Crippen molar-refractivity contribution in [1.29, 1.82) is 0 Å². The first kappa shape index (κ1) is 12.9. The standard InChI is InChI=1S/C14H20O2/c1-10(13(16)14(2,3)4)12(15)11-8-6-5-7-9-11/h5-10,12,15H,1-4H3/t10-,12+/m1/s1. The van der Waals surface area contributed by atoms with Gasteiger partial charge >= 0.3 is 0 Å². The second-order valence-electron chi connectivity index (χ2n) is 5.26. The molecule has 2 atom stereocenters. The molecule has 0 bridgehead atoms. The van der Waals surface area contributed by atoms with E-state index in [1.165, 1.54) is 0 Å².